The molecular weight excluding hydrogens is 316 g/mol. The molecule has 0 heterocycles. The Kier molecular flexibility index (Phi) is 6.28. The Morgan fingerprint density at radius 3 is 2.54 bits per heavy atom. The molecule has 0 bridgehead atoms. The molecule has 0 amide bonds. The van der Waals surface area contributed by atoms with Crippen molar-refractivity contribution in [1.29, 1.82) is 5.26 Å². The number of nitriles is 1. The van der Waals surface area contributed by atoms with E-state index in [1.165, 1.54) is 6.07 Å². The van der Waals surface area contributed by atoms with E-state index in [1.54, 1.807) is 18.2 Å². The molecule has 8 heteroatoms. The lowest BCUT2D eigenvalue weighted by Crippen LogP contribution is -2.54. The Morgan fingerprint density at radius 1 is 1.33 bits per heavy atom. The van der Waals surface area contributed by atoms with Crippen molar-refractivity contribution in [2.75, 3.05) is 13.2 Å². The van der Waals surface area contributed by atoms with Crippen molar-refractivity contribution in [2.45, 2.75) is 32.1 Å². The maximum Gasteiger partial charge on any atom is 0.419 e. The summed E-state index contributed by atoms with van der Waals surface area (Å²) in [6, 6.07) is 8.09. The smallest absolute Gasteiger partial charge is 0.419 e. The average molecular weight is 336 g/mol. The van der Waals surface area contributed by atoms with Gasteiger partial charge < -0.3 is 25.0 Å². The monoisotopic (exact) mass is 336 g/mol. The summed E-state index contributed by atoms with van der Waals surface area (Å²) in [6.45, 7) is 4.72. The van der Waals surface area contributed by atoms with Crippen LogP contribution in [0.4, 0.5) is 0 Å². The number of β-amino-alcohol motifs (C(OH)–C–C–N with tert-alkyl or cyclic N) is 1. The number of nitrogens with zero attached hydrogens (tertiary/aromatic N) is 1. The van der Waals surface area contributed by atoms with E-state index in [2.05, 4.69) is 10.1 Å². The quantitative estimate of drug-likeness (QED) is 0.392. The molecule has 0 aliphatic rings. The Morgan fingerprint density at radius 2 is 2.00 bits per heavy atom. The first-order valence-corrected chi connectivity index (χ1v) is 7.11. The molecule has 8 nitrogen and oxygen atoms in total. The van der Waals surface area contributed by atoms with Crippen LogP contribution in [0.2, 0.25) is 0 Å². The number of hydrogen-bond donors (Lipinski definition) is 3. The predicted octanol–water partition coefficient (Wildman–Crippen LogP) is 0.642. The molecule has 1 atom stereocenters. The third-order valence-corrected chi connectivity index (χ3v) is 2.78. The van der Waals surface area contributed by atoms with Crippen molar-refractivity contribution < 1.29 is 29.3 Å². The third-order valence-electron chi connectivity index (χ3n) is 2.78. The normalized spacial score (nSPS) is 13.5. The summed E-state index contributed by atoms with van der Waals surface area (Å²) in [5, 5.41) is 30.8. The number of carboxylic acids is 1. The molecule has 3 N–H and O–H groups in total. The number of carboxylic acid groups (broad SMARTS) is 1. The van der Waals surface area contributed by atoms with Gasteiger partial charge in [0.05, 0.1) is 18.2 Å². The fourth-order valence-corrected chi connectivity index (χ4v) is 1.59. The van der Waals surface area contributed by atoms with Crippen molar-refractivity contribution in [3.05, 3.63) is 29.8 Å². The largest absolute Gasteiger partial charge is 0.487 e. The van der Waals surface area contributed by atoms with Crippen LogP contribution in [0.5, 0.6) is 5.75 Å². The van der Waals surface area contributed by atoms with Gasteiger partial charge in [-0.2, -0.15) is 5.26 Å². The molecular formula is C16H20N2O6. The Labute approximate surface area is 139 Å². The summed E-state index contributed by atoms with van der Waals surface area (Å²) in [4.78, 5) is 21.9. The highest BCUT2D eigenvalue weighted by Gasteiger charge is 2.36. The van der Waals surface area contributed by atoms with Gasteiger partial charge in [0.15, 0.2) is 6.61 Å². The zero-order valence-electron chi connectivity index (χ0n) is 13.7. The minimum atomic E-state index is -2.19. The molecule has 0 aromatic heterocycles. The van der Waals surface area contributed by atoms with Crippen LogP contribution < -0.4 is 10.1 Å². The third kappa shape index (κ3) is 6.64. The molecule has 0 saturated carbocycles. The second-order valence-corrected chi connectivity index (χ2v) is 6.17. The molecule has 1 unspecified atom stereocenters. The Balaban J connectivity index is 2.85. The average Bonchev–Trinajstić information content (AvgIpc) is 2.51. The van der Waals surface area contributed by atoms with Crippen LogP contribution in [0.15, 0.2) is 24.3 Å². The van der Waals surface area contributed by atoms with E-state index in [0.29, 0.717) is 5.56 Å². The minimum absolute atomic E-state index is 0.243. The second-order valence-electron chi connectivity index (χ2n) is 6.17. The van der Waals surface area contributed by atoms with Crippen molar-refractivity contribution in [2.24, 2.45) is 0 Å². The molecule has 0 radical (unpaired) electrons. The van der Waals surface area contributed by atoms with E-state index >= 15 is 0 Å². The number of aliphatic hydroxyl groups is 1. The first-order chi connectivity index (χ1) is 11.0. The van der Waals surface area contributed by atoms with Crippen LogP contribution in [0.3, 0.4) is 0 Å². The summed E-state index contributed by atoms with van der Waals surface area (Å²) in [5.41, 5.74) is -0.0592. The number of nitrogens with one attached hydrogen (secondary N) is 1. The van der Waals surface area contributed by atoms with E-state index in [0.717, 1.165) is 0 Å². The zero-order chi connectivity index (χ0) is 18.4. The van der Waals surface area contributed by atoms with E-state index in [4.69, 9.17) is 15.1 Å². The van der Waals surface area contributed by atoms with E-state index in [-0.39, 0.29) is 12.3 Å². The molecule has 1 rings (SSSR count). The maximum atomic E-state index is 11.3. The molecule has 0 spiro atoms. The first kappa shape index (κ1) is 19.4. The minimum Gasteiger partial charge on any atom is -0.487 e. The SMILES string of the molecule is CC(C)(C)NCC(O)(COc1cccc(C#N)c1)OC(=O)C(=O)O. The van der Waals surface area contributed by atoms with Crippen LogP contribution in [0.1, 0.15) is 26.3 Å². The summed E-state index contributed by atoms with van der Waals surface area (Å²) >= 11 is 0. The molecule has 0 saturated heterocycles. The van der Waals surface area contributed by atoms with Gasteiger partial charge in [0.25, 0.3) is 5.79 Å². The lowest BCUT2D eigenvalue weighted by molar-refractivity contribution is -0.221. The van der Waals surface area contributed by atoms with Crippen LogP contribution in [-0.2, 0) is 14.3 Å². The summed E-state index contributed by atoms with van der Waals surface area (Å²) in [7, 11) is 0. The van der Waals surface area contributed by atoms with Gasteiger partial charge in [-0.3, -0.25) is 0 Å². The number of carbonyl (C=O) groups is 2. The fourth-order valence-electron chi connectivity index (χ4n) is 1.59. The predicted molar refractivity (Wildman–Crippen MR) is 83.1 cm³/mol. The van der Waals surface area contributed by atoms with Gasteiger partial charge >= 0.3 is 11.9 Å². The number of aliphatic carboxylic acids is 1. The van der Waals surface area contributed by atoms with Gasteiger partial charge in [-0.25, -0.2) is 9.59 Å². The number of carbonyl (C=O) groups excluding carboxylic acids is 1. The highest BCUT2D eigenvalue weighted by molar-refractivity contribution is 6.28. The highest BCUT2D eigenvalue weighted by Crippen LogP contribution is 2.16. The molecule has 0 aliphatic carbocycles. The van der Waals surface area contributed by atoms with Gasteiger partial charge in [-0.05, 0) is 39.0 Å². The van der Waals surface area contributed by atoms with Crippen molar-refractivity contribution >= 4 is 11.9 Å². The maximum absolute atomic E-state index is 11.3. The summed E-state index contributed by atoms with van der Waals surface area (Å²) in [6.07, 6.45) is 0. The van der Waals surface area contributed by atoms with Crippen LogP contribution in [-0.4, -0.2) is 46.6 Å². The summed E-state index contributed by atoms with van der Waals surface area (Å²) < 4.78 is 9.99. The fraction of sp³-hybridized carbons (Fsp3) is 0.438. The van der Waals surface area contributed by atoms with Gasteiger partial charge in [-0.15, -0.1) is 0 Å². The lowest BCUT2D eigenvalue weighted by Gasteiger charge is -2.31. The number of rotatable bonds is 6. The van der Waals surface area contributed by atoms with Gasteiger partial charge in [0, 0.05) is 5.54 Å². The van der Waals surface area contributed by atoms with Crippen LogP contribution in [0, 0.1) is 11.3 Å². The molecule has 1 aromatic carbocycles. The first-order valence-electron chi connectivity index (χ1n) is 7.11. The molecule has 1 aromatic rings. The number of hydrogen-bond acceptors (Lipinski definition) is 7. The molecule has 130 valence electrons. The number of ether oxygens (including phenoxy) is 2. The van der Waals surface area contributed by atoms with Crippen LogP contribution >= 0.6 is 0 Å². The molecule has 24 heavy (non-hydrogen) atoms. The van der Waals surface area contributed by atoms with Crippen molar-refractivity contribution in [3.63, 3.8) is 0 Å². The van der Waals surface area contributed by atoms with Gasteiger partial charge in [-0.1, -0.05) is 6.07 Å². The van der Waals surface area contributed by atoms with E-state index in [9.17, 15) is 14.7 Å². The molecule has 0 aliphatic heterocycles. The van der Waals surface area contributed by atoms with Crippen LogP contribution in [0.25, 0.3) is 0 Å². The van der Waals surface area contributed by atoms with E-state index in [1.807, 2.05) is 26.8 Å². The van der Waals surface area contributed by atoms with Crippen molar-refractivity contribution in [3.8, 4) is 11.8 Å². The zero-order valence-corrected chi connectivity index (χ0v) is 13.7. The summed E-state index contributed by atoms with van der Waals surface area (Å²) in [5.74, 6) is -5.33. The highest BCUT2D eigenvalue weighted by atomic mass is 16.7. The Hall–Kier alpha value is -2.63. The topological polar surface area (TPSA) is 129 Å². The number of esters is 1. The van der Waals surface area contributed by atoms with Crippen molar-refractivity contribution in [1.82, 2.24) is 5.32 Å². The standard InChI is InChI=1S/C16H20N2O6/c1-15(2,3)18-9-16(22,24-14(21)13(19)20)10-23-12-6-4-5-11(7-12)8-17/h4-7,18,22H,9-10H2,1-3H3,(H,19,20). The Bertz CT molecular complexity index is 647. The van der Waals surface area contributed by atoms with Gasteiger partial charge in [0.2, 0.25) is 0 Å². The lowest BCUT2D eigenvalue weighted by atomic mass is 10.1. The second kappa shape index (κ2) is 7.77. The molecule has 0 fully saturated rings. The van der Waals surface area contributed by atoms with Gasteiger partial charge in [0.1, 0.15) is 5.75 Å². The van der Waals surface area contributed by atoms with E-state index < -0.39 is 29.9 Å². The number of benzene rings is 1.